The predicted octanol–water partition coefficient (Wildman–Crippen LogP) is 1.92. The van der Waals surface area contributed by atoms with Crippen LogP contribution in [0.5, 0.6) is 0 Å². The standard InChI is InChI=1S/C16H20O5/c1-8-5-11(17)13-10(3)15(18)21-16(13)7-9(2)14(20-16)12(6-8)19-4/h7-8,12,14H,5-6H2,1-4H3. The molecule has 2 bridgehead atoms. The largest absolute Gasteiger partial charge is 0.421 e. The van der Waals surface area contributed by atoms with Gasteiger partial charge in [-0.2, -0.15) is 0 Å². The SMILES string of the molecule is COC1CC(C)CC(=O)C2=C(C)C(=O)OC23C=C(C)C1O3. The van der Waals surface area contributed by atoms with Crippen LogP contribution in [0.1, 0.15) is 33.6 Å². The summed E-state index contributed by atoms with van der Waals surface area (Å²) >= 11 is 0. The van der Waals surface area contributed by atoms with Crippen LogP contribution in [0, 0.1) is 5.92 Å². The van der Waals surface area contributed by atoms with E-state index in [-0.39, 0.29) is 23.9 Å². The molecule has 3 heterocycles. The van der Waals surface area contributed by atoms with Gasteiger partial charge in [-0.05, 0) is 37.8 Å². The normalized spacial score (nSPS) is 39.4. The monoisotopic (exact) mass is 292 g/mol. The lowest BCUT2D eigenvalue weighted by atomic mass is 9.87. The molecule has 0 N–H and O–H groups in total. The van der Waals surface area contributed by atoms with Crippen molar-refractivity contribution in [1.29, 1.82) is 0 Å². The third-order valence-corrected chi connectivity index (χ3v) is 4.53. The van der Waals surface area contributed by atoms with E-state index in [0.29, 0.717) is 17.6 Å². The van der Waals surface area contributed by atoms with Gasteiger partial charge in [-0.15, -0.1) is 0 Å². The summed E-state index contributed by atoms with van der Waals surface area (Å²) in [5, 5.41) is 0. The van der Waals surface area contributed by atoms with Gasteiger partial charge in [0.25, 0.3) is 5.79 Å². The highest BCUT2D eigenvalue weighted by Gasteiger charge is 2.55. The molecule has 0 aromatic rings. The van der Waals surface area contributed by atoms with Gasteiger partial charge >= 0.3 is 5.97 Å². The number of Topliss-reactive ketones (excluding diaryl/α,β-unsaturated/α-hetero) is 1. The van der Waals surface area contributed by atoms with Gasteiger partial charge in [0.15, 0.2) is 5.78 Å². The zero-order valence-corrected chi connectivity index (χ0v) is 12.8. The maximum atomic E-state index is 12.6. The molecule has 1 spiro atoms. The van der Waals surface area contributed by atoms with E-state index in [9.17, 15) is 9.59 Å². The molecule has 0 saturated carbocycles. The average Bonchev–Trinajstić information content (AvgIpc) is 2.84. The lowest BCUT2D eigenvalue weighted by Gasteiger charge is -2.28. The van der Waals surface area contributed by atoms with Crippen molar-refractivity contribution < 1.29 is 23.8 Å². The third kappa shape index (κ3) is 2.07. The molecule has 0 radical (unpaired) electrons. The van der Waals surface area contributed by atoms with E-state index >= 15 is 0 Å². The summed E-state index contributed by atoms with van der Waals surface area (Å²) < 4.78 is 17.0. The molecule has 0 aromatic heterocycles. The number of rotatable bonds is 1. The molecule has 0 amide bonds. The second kappa shape index (κ2) is 4.78. The lowest BCUT2D eigenvalue weighted by Crippen LogP contribution is -2.38. The van der Waals surface area contributed by atoms with Gasteiger partial charge in [0, 0.05) is 19.1 Å². The first-order chi connectivity index (χ1) is 9.88. The molecule has 3 aliphatic heterocycles. The van der Waals surface area contributed by atoms with Crippen LogP contribution in [-0.4, -0.2) is 36.9 Å². The van der Waals surface area contributed by atoms with Crippen molar-refractivity contribution in [3.8, 4) is 0 Å². The van der Waals surface area contributed by atoms with Gasteiger partial charge in [-0.3, -0.25) is 4.79 Å². The topological polar surface area (TPSA) is 61.8 Å². The third-order valence-electron chi connectivity index (χ3n) is 4.53. The van der Waals surface area contributed by atoms with Crippen LogP contribution in [0.3, 0.4) is 0 Å². The molecule has 1 fully saturated rings. The highest BCUT2D eigenvalue weighted by Crippen LogP contribution is 2.46. The van der Waals surface area contributed by atoms with E-state index in [1.165, 1.54) is 0 Å². The van der Waals surface area contributed by atoms with Crippen LogP contribution in [0.15, 0.2) is 22.8 Å². The number of carbonyl (C=O) groups is 2. The number of hydrogen-bond donors (Lipinski definition) is 0. The fourth-order valence-corrected chi connectivity index (χ4v) is 3.53. The summed E-state index contributed by atoms with van der Waals surface area (Å²) in [6, 6.07) is 0. The van der Waals surface area contributed by atoms with Crippen molar-refractivity contribution in [2.45, 2.75) is 51.6 Å². The van der Waals surface area contributed by atoms with Crippen LogP contribution in [0.4, 0.5) is 0 Å². The maximum absolute atomic E-state index is 12.6. The Balaban J connectivity index is 2.13. The molecule has 1 saturated heterocycles. The Hall–Kier alpha value is -1.46. The van der Waals surface area contributed by atoms with Gasteiger partial charge in [-0.1, -0.05) is 6.92 Å². The number of hydrogen-bond acceptors (Lipinski definition) is 5. The number of ketones is 1. The minimum atomic E-state index is -1.34. The van der Waals surface area contributed by atoms with E-state index in [1.54, 1.807) is 20.1 Å². The fraction of sp³-hybridized carbons (Fsp3) is 0.625. The Bertz CT molecular complexity index is 573. The maximum Gasteiger partial charge on any atom is 0.337 e. The molecule has 0 aromatic carbocycles. The van der Waals surface area contributed by atoms with Crippen LogP contribution in [0.25, 0.3) is 0 Å². The average molecular weight is 292 g/mol. The van der Waals surface area contributed by atoms with Crippen LogP contribution < -0.4 is 0 Å². The highest BCUT2D eigenvalue weighted by atomic mass is 16.7. The molecule has 3 rings (SSSR count). The predicted molar refractivity (Wildman–Crippen MR) is 74.4 cm³/mol. The lowest BCUT2D eigenvalue weighted by molar-refractivity contribution is -0.197. The molecule has 4 unspecified atom stereocenters. The van der Waals surface area contributed by atoms with E-state index in [1.807, 2.05) is 13.8 Å². The number of ether oxygens (including phenoxy) is 3. The van der Waals surface area contributed by atoms with Gasteiger partial charge in [0.1, 0.15) is 6.10 Å². The Labute approximate surface area is 123 Å². The first kappa shape index (κ1) is 14.5. The fourth-order valence-electron chi connectivity index (χ4n) is 3.53. The second-order valence-corrected chi connectivity index (χ2v) is 6.23. The summed E-state index contributed by atoms with van der Waals surface area (Å²) in [5.41, 5.74) is 1.65. The van der Waals surface area contributed by atoms with Gasteiger partial charge in [0.05, 0.1) is 11.7 Å². The molecule has 3 aliphatic rings. The molecular formula is C16H20O5. The summed E-state index contributed by atoms with van der Waals surface area (Å²) in [5.74, 6) is -1.74. The van der Waals surface area contributed by atoms with Crippen molar-refractivity contribution in [3.05, 3.63) is 22.8 Å². The molecule has 114 valence electrons. The van der Waals surface area contributed by atoms with E-state index in [0.717, 1.165) is 12.0 Å². The van der Waals surface area contributed by atoms with E-state index in [4.69, 9.17) is 14.2 Å². The highest BCUT2D eigenvalue weighted by molar-refractivity contribution is 6.08. The van der Waals surface area contributed by atoms with Gasteiger partial charge in [-0.25, -0.2) is 4.79 Å². The number of methoxy groups -OCH3 is 1. The molecule has 4 atom stereocenters. The minimum Gasteiger partial charge on any atom is -0.421 e. The zero-order chi connectivity index (χ0) is 15.4. The van der Waals surface area contributed by atoms with Crippen LogP contribution >= 0.6 is 0 Å². The summed E-state index contributed by atoms with van der Waals surface area (Å²) in [7, 11) is 1.64. The molecule has 5 nitrogen and oxygen atoms in total. The molecule has 21 heavy (non-hydrogen) atoms. The molecular weight excluding hydrogens is 272 g/mol. The van der Waals surface area contributed by atoms with Crippen molar-refractivity contribution in [2.75, 3.05) is 7.11 Å². The number of carbonyl (C=O) groups excluding carboxylic acids is 2. The Kier molecular flexibility index (Phi) is 3.30. The van der Waals surface area contributed by atoms with Crippen molar-refractivity contribution in [3.63, 3.8) is 0 Å². The summed E-state index contributed by atoms with van der Waals surface area (Å²) in [6.07, 6.45) is 2.41. The molecule has 5 heteroatoms. The van der Waals surface area contributed by atoms with Gasteiger partial charge in [0.2, 0.25) is 0 Å². The first-order valence-electron chi connectivity index (χ1n) is 7.26. The summed E-state index contributed by atoms with van der Waals surface area (Å²) in [4.78, 5) is 24.6. The Morgan fingerprint density at radius 2 is 2.05 bits per heavy atom. The number of esters is 1. The van der Waals surface area contributed by atoms with Crippen molar-refractivity contribution in [1.82, 2.24) is 0 Å². The smallest absolute Gasteiger partial charge is 0.337 e. The Morgan fingerprint density at radius 3 is 2.71 bits per heavy atom. The van der Waals surface area contributed by atoms with Gasteiger partial charge < -0.3 is 14.2 Å². The first-order valence-corrected chi connectivity index (χ1v) is 7.26. The Morgan fingerprint density at radius 1 is 1.33 bits per heavy atom. The minimum absolute atomic E-state index is 0.0766. The van der Waals surface area contributed by atoms with Crippen LogP contribution in [0.2, 0.25) is 0 Å². The van der Waals surface area contributed by atoms with E-state index in [2.05, 4.69) is 0 Å². The second-order valence-electron chi connectivity index (χ2n) is 6.23. The van der Waals surface area contributed by atoms with Crippen LogP contribution in [-0.2, 0) is 23.8 Å². The number of fused-ring (bicyclic) bond motifs is 1. The van der Waals surface area contributed by atoms with Crippen molar-refractivity contribution >= 4 is 11.8 Å². The molecule has 0 aliphatic carbocycles. The quantitative estimate of drug-likeness (QED) is 0.546. The summed E-state index contributed by atoms with van der Waals surface area (Å²) in [6.45, 7) is 5.56. The van der Waals surface area contributed by atoms with Crippen molar-refractivity contribution in [2.24, 2.45) is 5.92 Å². The van der Waals surface area contributed by atoms with E-state index < -0.39 is 11.8 Å². The zero-order valence-electron chi connectivity index (χ0n) is 12.8.